The lowest BCUT2D eigenvalue weighted by Gasteiger charge is -2.34. The third-order valence-electron chi connectivity index (χ3n) is 6.84. The summed E-state index contributed by atoms with van der Waals surface area (Å²) in [5, 5.41) is 2.71. The molecule has 5 rings (SSSR count). The van der Waals surface area contributed by atoms with Crippen molar-refractivity contribution in [1.82, 2.24) is 14.4 Å². The van der Waals surface area contributed by atoms with Gasteiger partial charge in [0, 0.05) is 43.2 Å². The molecule has 0 aliphatic carbocycles. The van der Waals surface area contributed by atoms with Crippen LogP contribution < -0.4 is 5.32 Å². The normalized spacial score (nSPS) is 13.5. The molecular formula is C30H28F2N4O2. The molecule has 3 aromatic carbocycles. The Labute approximate surface area is 220 Å². The summed E-state index contributed by atoms with van der Waals surface area (Å²) >= 11 is 0. The topological polar surface area (TPSA) is 57.6 Å². The number of amides is 3. The van der Waals surface area contributed by atoms with Crippen LogP contribution in [0.1, 0.15) is 21.6 Å². The third kappa shape index (κ3) is 5.16. The average molecular weight is 515 g/mol. The van der Waals surface area contributed by atoms with Crippen LogP contribution in [0.25, 0.3) is 16.9 Å². The van der Waals surface area contributed by atoms with Gasteiger partial charge in [0.25, 0.3) is 5.91 Å². The number of hydrogen-bond donors (Lipinski definition) is 1. The Hall–Kier alpha value is -4.46. The van der Waals surface area contributed by atoms with Crippen LogP contribution in [0.4, 0.5) is 19.3 Å². The van der Waals surface area contributed by atoms with Crippen LogP contribution in [0.3, 0.4) is 0 Å². The van der Waals surface area contributed by atoms with Crippen molar-refractivity contribution in [2.45, 2.75) is 13.8 Å². The van der Waals surface area contributed by atoms with Crippen LogP contribution in [-0.4, -0.2) is 52.5 Å². The zero-order valence-electron chi connectivity index (χ0n) is 21.2. The molecule has 6 nitrogen and oxygen atoms in total. The summed E-state index contributed by atoms with van der Waals surface area (Å²) in [5.74, 6) is -0.873. The molecule has 0 unspecified atom stereocenters. The Morgan fingerprint density at radius 3 is 2.08 bits per heavy atom. The minimum absolute atomic E-state index is 0.123. The van der Waals surface area contributed by atoms with E-state index in [1.807, 2.05) is 48.7 Å². The maximum absolute atomic E-state index is 13.7. The lowest BCUT2D eigenvalue weighted by Crippen LogP contribution is -2.51. The van der Waals surface area contributed by atoms with Gasteiger partial charge in [-0.2, -0.15) is 0 Å². The number of halogens is 2. The van der Waals surface area contributed by atoms with E-state index in [2.05, 4.69) is 5.32 Å². The van der Waals surface area contributed by atoms with Crippen molar-refractivity contribution >= 4 is 17.6 Å². The highest BCUT2D eigenvalue weighted by Gasteiger charge is 2.28. The first-order valence-electron chi connectivity index (χ1n) is 12.5. The summed E-state index contributed by atoms with van der Waals surface area (Å²) in [5.41, 5.74) is 5.35. The number of aryl methyl sites for hydroxylation is 1. The van der Waals surface area contributed by atoms with Crippen LogP contribution in [-0.2, 0) is 0 Å². The van der Waals surface area contributed by atoms with Gasteiger partial charge in [-0.05, 0) is 80.1 Å². The van der Waals surface area contributed by atoms with Crippen LogP contribution in [0.5, 0.6) is 0 Å². The number of urea groups is 1. The Bertz CT molecular complexity index is 1470. The highest BCUT2D eigenvalue weighted by Crippen LogP contribution is 2.31. The minimum atomic E-state index is -0.425. The average Bonchev–Trinajstić information content (AvgIpc) is 3.26. The molecular weight excluding hydrogens is 486 g/mol. The lowest BCUT2D eigenvalue weighted by molar-refractivity contribution is 0.0671. The van der Waals surface area contributed by atoms with Gasteiger partial charge in [-0.15, -0.1) is 0 Å². The van der Waals surface area contributed by atoms with E-state index >= 15 is 0 Å². The van der Waals surface area contributed by atoms with Crippen LogP contribution >= 0.6 is 0 Å². The number of carbonyl (C=O) groups is 2. The van der Waals surface area contributed by atoms with Crippen molar-refractivity contribution in [3.8, 4) is 16.9 Å². The maximum atomic E-state index is 13.7. The SMILES string of the molecule is Cc1ccc(-n2c(-c3ccc(F)cc3)cc(C(=O)N3CCN(C(=O)Nc4cccc(F)c4)CC3)c2C)cc1. The van der Waals surface area contributed by atoms with Crippen LogP contribution in [0, 0.1) is 25.5 Å². The predicted molar refractivity (Wildman–Crippen MR) is 144 cm³/mol. The van der Waals surface area contributed by atoms with E-state index in [0.717, 1.165) is 28.2 Å². The molecule has 0 radical (unpaired) electrons. The van der Waals surface area contributed by atoms with E-state index in [0.29, 0.717) is 37.4 Å². The summed E-state index contributed by atoms with van der Waals surface area (Å²) in [6, 6.07) is 21.5. The number of piperazine rings is 1. The van der Waals surface area contributed by atoms with E-state index in [1.165, 1.54) is 30.3 Å². The van der Waals surface area contributed by atoms with E-state index < -0.39 is 5.82 Å². The van der Waals surface area contributed by atoms with Gasteiger partial charge in [0.05, 0.1) is 11.3 Å². The molecule has 194 valence electrons. The molecule has 0 bridgehead atoms. The van der Waals surface area contributed by atoms with E-state index in [9.17, 15) is 18.4 Å². The van der Waals surface area contributed by atoms with E-state index in [4.69, 9.17) is 0 Å². The molecule has 3 amide bonds. The second-order valence-electron chi connectivity index (χ2n) is 9.43. The summed E-state index contributed by atoms with van der Waals surface area (Å²) in [6.45, 7) is 5.38. The standard InChI is InChI=1S/C30H28F2N4O2/c1-20-6-12-26(13-7-20)36-21(2)27(19-28(36)22-8-10-23(31)11-9-22)29(37)34-14-16-35(17-15-34)30(38)33-25-5-3-4-24(32)18-25/h3-13,18-19H,14-17H2,1-2H3,(H,33,38). The van der Waals surface area contributed by atoms with Crippen LogP contribution in [0.15, 0.2) is 78.9 Å². The van der Waals surface area contributed by atoms with Crippen molar-refractivity contribution in [2.75, 3.05) is 31.5 Å². The first-order chi connectivity index (χ1) is 18.3. The number of rotatable bonds is 4. The quantitative estimate of drug-likeness (QED) is 0.362. The lowest BCUT2D eigenvalue weighted by atomic mass is 10.1. The molecule has 1 aromatic heterocycles. The Kier molecular flexibility index (Phi) is 6.96. The zero-order chi connectivity index (χ0) is 26.8. The van der Waals surface area contributed by atoms with Crippen molar-refractivity contribution < 1.29 is 18.4 Å². The number of anilines is 1. The fourth-order valence-corrected chi connectivity index (χ4v) is 4.73. The highest BCUT2D eigenvalue weighted by atomic mass is 19.1. The van der Waals surface area contributed by atoms with Gasteiger partial charge in [-0.3, -0.25) is 4.79 Å². The molecule has 1 fully saturated rings. The molecule has 0 atom stereocenters. The summed E-state index contributed by atoms with van der Waals surface area (Å²) in [4.78, 5) is 29.7. The second-order valence-corrected chi connectivity index (χ2v) is 9.43. The first-order valence-corrected chi connectivity index (χ1v) is 12.5. The van der Waals surface area contributed by atoms with Gasteiger partial charge in [0.1, 0.15) is 11.6 Å². The number of hydrogen-bond acceptors (Lipinski definition) is 2. The molecule has 1 aliphatic rings. The molecule has 4 aromatic rings. The molecule has 0 saturated carbocycles. The zero-order valence-corrected chi connectivity index (χ0v) is 21.2. The second kappa shape index (κ2) is 10.5. The van der Waals surface area contributed by atoms with Crippen molar-refractivity contribution in [1.29, 1.82) is 0 Å². The van der Waals surface area contributed by atoms with Crippen molar-refractivity contribution in [2.24, 2.45) is 0 Å². The number of carbonyl (C=O) groups excluding carboxylic acids is 2. The fraction of sp³-hybridized carbons (Fsp3) is 0.200. The Balaban J connectivity index is 1.37. The van der Waals surface area contributed by atoms with E-state index in [-0.39, 0.29) is 17.8 Å². The van der Waals surface area contributed by atoms with E-state index in [1.54, 1.807) is 28.0 Å². The molecule has 1 saturated heterocycles. The molecule has 2 heterocycles. The Morgan fingerprint density at radius 2 is 1.42 bits per heavy atom. The highest BCUT2D eigenvalue weighted by molar-refractivity contribution is 5.97. The summed E-state index contributed by atoms with van der Waals surface area (Å²) in [7, 11) is 0. The molecule has 38 heavy (non-hydrogen) atoms. The number of nitrogens with one attached hydrogen (secondary N) is 1. The smallest absolute Gasteiger partial charge is 0.321 e. The maximum Gasteiger partial charge on any atom is 0.321 e. The van der Waals surface area contributed by atoms with Gasteiger partial charge >= 0.3 is 6.03 Å². The first kappa shape index (κ1) is 25.2. The van der Waals surface area contributed by atoms with Gasteiger partial charge in [-0.1, -0.05) is 23.8 Å². The van der Waals surface area contributed by atoms with Crippen molar-refractivity contribution in [3.63, 3.8) is 0 Å². The predicted octanol–water partition coefficient (Wildman–Crippen LogP) is 6.03. The molecule has 1 aliphatic heterocycles. The fourth-order valence-electron chi connectivity index (χ4n) is 4.73. The Morgan fingerprint density at radius 1 is 0.763 bits per heavy atom. The molecule has 8 heteroatoms. The molecule has 0 spiro atoms. The van der Waals surface area contributed by atoms with Gasteiger partial charge in [-0.25, -0.2) is 13.6 Å². The number of aromatic nitrogens is 1. The molecule has 1 N–H and O–H groups in total. The van der Waals surface area contributed by atoms with Crippen molar-refractivity contribution in [3.05, 3.63) is 107 Å². The monoisotopic (exact) mass is 514 g/mol. The van der Waals surface area contributed by atoms with Gasteiger partial charge < -0.3 is 19.7 Å². The van der Waals surface area contributed by atoms with Gasteiger partial charge in [0.2, 0.25) is 0 Å². The van der Waals surface area contributed by atoms with Gasteiger partial charge in [0.15, 0.2) is 0 Å². The minimum Gasteiger partial charge on any atom is -0.335 e. The number of benzene rings is 3. The number of nitrogens with zero attached hydrogens (tertiary/aromatic N) is 3. The third-order valence-corrected chi connectivity index (χ3v) is 6.84. The summed E-state index contributed by atoms with van der Waals surface area (Å²) in [6.07, 6.45) is 0. The largest absolute Gasteiger partial charge is 0.335 e. The van der Waals surface area contributed by atoms with Crippen LogP contribution in [0.2, 0.25) is 0 Å². The summed E-state index contributed by atoms with van der Waals surface area (Å²) < 4.78 is 29.1.